The molecule has 0 atom stereocenters. The van der Waals surface area contributed by atoms with Crippen LogP contribution in [0.15, 0.2) is 51.5 Å². The van der Waals surface area contributed by atoms with Crippen molar-refractivity contribution >= 4 is 27.0 Å². The maximum atomic E-state index is 10.8. The summed E-state index contributed by atoms with van der Waals surface area (Å²) in [5.41, 5.74) is 15.4. The van der Waals surface area contributed by atoms with Crippen LogP contribution in [0.4, 0.5) is 0 Å². The zero-order valence-corrected chi connectivity index (χ0v) is 11.6. The second-order valence-corrected chi connectivity index (χ2v) is 4.84. The molecule has 0 unspecified atom stereocenters. The van der Waals surface area contributed by atoms with E-state index in [9.17, 15) is 13.2 Å². The van der Waals surface area contributed by atoms with Gasteiger partial charge < -0.3 is 5.11 Å². The van der Waals surface area contributed by atoms with Gasteiger partial charge in [-0.05, 0) is 27.9 Å². The molecular formula is C11H8N6O4S. The maximum absolute atomic E-state index is 10.8. The summed E-state index contributed by atoms with van der Waals surface area (Å²) in [5.74, 6) is -0.878. The van der Waals surface area contributed by atoms with Crippen LogP contribution in [0, 0.1) is 0 Å². The monoisotopic (exact) mass is 320 g/mol. The molecule has 0 saturated carbocycles. The normalized spacial score (nSPS) is 9.64. The minimum atomic E-state index is -4.27. The predicted octanol–water partition coefficient (Wildman–Crippen LogP) is 3.39. The zero-order valence-electron chi connectivity index (χ0n) is 10.8. The number of hydrogen-bond acceptors (Lipinski definition) is 3. The molecule has 0 aliphatic carbocycles. The first-order chi connectivity index (χ1) is 10.4. The van der Waals surface area contributed by atoms with Crippen molar-refractivity contribution in [2.45, 2.75) is 0 Å². The molecule has 11 heteroatoms. The molecule has 0 saturated heterocycles. The highest BCUT2D eigenvalue weighted by Crippen LogP contribution is 2.17. The van der Waals surface area contributed by atoms with Gasteiger partial charge in [-0.15, -0.1) is 0 Å². The minimum Gasteiger partial charge on any atom is -0.478 e. The fraction of sp³-hybridized carbons (Fsp3) is 0. The quantitative estimate of drug-likeness (QED) is 0.519. The zero-order chi connectivity index (χ0) is 16.6. The molecule has 0 aliphatic heterocycles. The largest absolute Gasteiger partial charge is 0.478 e. The maximum Gasteiger partial charge on any atom is 0.336 e. The van der Waals surface area contributed by atoms with Crippen molar-refractivity contribution in [1.29, 1.82) is 0 Å². The van der Waals surface area contributed by atoms with Gasteiger partial charge in [-0.3, -0.25) is 0 Å². The minimum absolute atomic E-state index is 0.359. The second-order valence-electron chi connectivity index (χ2n) is 3.62. The van der Waals surface area contributed by atoms with Crippen molar-refractivity contribution in [3.63, 3.8) is 0 Å². The highest BCUT2D eigenvalue weighted by atomic mass is 32.2. The van der Waals surface area contributed by atoms with Crippen LogP contribution in [0.1, 0.15) is 10.4 Å². The summed E-state index contributed by atoms with van der Waals surface area (Å²) >= 11 is 0. The van der Waals surface area contributed by atoms with Crippen molar-refractivity contribution in [1.82, 2.24) is 0 Å². The third-order valence-corrected chi connectivity index (χ3v) is 2.86. The summed E-state index contributed by atoms with van der Waals surface area (Å²) in [6.07, 6.45) is 0. The molecule has 2 aromatic carbocycles. The number of benzene rings is 2. The van der Waals surface area contributed by atoms with Crippen molar-refractivity contribution in [2.75, 3.05) is 0 Å². The molecular weight excluding hydrogens is 312 g/mol. The standard InChI is InChI=1S/C11H8O2.N6O2S/c12-11(13)10-7-3-5-8-4-1-2-6-9(8)10;1-3-5-9(7,8)6-4-2/h1-7H,(H,12,13);. The predicted molar refractivity (Wildman–Crippen MR) is 78.1 cm³/mol. The van der Waals surface area contributed by atoms with Gasteiger partial charge in [-0.25, -0.2) is 13.2 Å². The fourth-order valence-corrected chi connectivity index (χ4v) is 1.74. The Labute approximate surface area is 124 Å². The molecule has 112 valence electrons. The molecule has 2 rings (SSSR count). The molecule has 0 heterocycles. The Morgan fingerprint density at radius 2 is 1.55 bits per heavy atom. The molecule has 2 aromatic rings. The van der Waals surface area contributed by atoms with E-state index >= 15 is 0 Å². The second kappa shape index (κ2) is 7.50. The van der Waals surface area contributed by atoms with Crippen LogP contribution >= 0.6 is 0 Å². The Bertz CT molecular complexity index is 868. The third kappa shape index (κ3) is 4.69. The van der Waals surface area contributed by atoms with Gasteiger partial charge in [0.15, 0.2) is 0 Å². The van der Waals surface area contributed by atoms with Crippen LogP contribution in [-0.4, -0.2) is 19.5 Å². The lowest BCUT2D eigenvalue weighted by atomic mass is 10.1. The molecule has 1 N–H and O–H groups in total. The van der Waals surface area contributed by atoms with Gasteiger partial charge in [-0.1, -0.05) is 36.4 Å². The Kier molecular flexibility index (Phi) is 5.73. The van der Waals surface area contributed by atoms with Crippen LogP contribution in [0.25, 0.3) is 31.7 Å². The van der Waals surface area contributed by atoms with E-state index in [1.807, 2.05) is 40.2 Å². The average molecular weight is 320 g/mol. The van der Waals surface area contributed by atoms with Crippen molar-refractivity contribution in [3.8, 4) is 0 Å². The number of nitrogens with zero attached hydrogens (tertiary/aromatic N) is 6. The van der Waals surface area contributed by atoms with E-state index in [1.54, 1.807) is 12.1 Å². The van der Waals surface area contributed by atoms with Gasteiger partial charge in [0.05, 0.1) is 5.56 Å². The smallest absolute Gasteiger partial charge is 0.336 e. The van der Waals surface area contributed by atoms with Gasteiger partial charge in [0.25, 0.3) is 0 Å². The van der Waals surface area contributed by atoms with E-state index in [0.717, 1.165) is 10.8 Å². The molecule has 0 amide bonds. The first-order valence-corrected chi connectivity index (χ1v) is 6.89. The molecule has 0 aromatic heterocycles. The summed E-state index contributed by atoms with van der Waals surface area (Å²) in [6, 6.07) is 12.7. The lowest BCUT2D eigenvalue weighted by Crippen LogP contribution is -1.96. The van der Waals surface area contributed by atoms with Gasteiger partial charge in [-0.2, -0.15) is 0 Å². The topological polar surface area (TPSA) is 169 Å². The van der Waals surface area contributed by atoms with E-state index < -0.39 is 16.2 Å². The Morgan fingerprint density at radius 3 is 2.09 bits per heavy atom. The van der Waals surface area contributed by atoms with Crippen molar-refractivity contribution in [2.24, 2.45) is 9.04 Å². The van der Waals surface area contributed by atoms with E-state index in [-0.39, 0.29) is 0 Å². The summed E-state index contributed by atoms with van der Waals surface area (Å²) < 4.78 is 24.3. The van der Waals surface area contributed by atoms with Crippen molar-refractivity contribution < 1.29 is 18.3 Å². The molecule has 0 bridgehead atoms. The Morgan fingerprint density at radius 1 is 1.00 bits per heavy atom. The van der Waals surface area contributed by atoms with E-state index in [4.69, 9.17) is 16.2 Å². The van der Waals surface area contributed by atoms with Crippen LogP contribution in [-0.2, 0) is 10.2 Å². The van der Waals surface area contributed by atoms with Crippen LogP contribution in [0.5, 0.6) is 0 Å². The SMILES string of the molecule is O=C(O)c1cccc2ccccc12.[N-]=[N+]=NS(=O)(=O)N=[N+]=[N-]. The first-order valence-electron chi connectivity index (χ1n) is 5.50. The van der Waals surface area contributed by atoms with Crippen molar-refractivity contribution in [3.05, 3.63) is 68.9 Å². The molecule has 10 nitrogen and oxygen atoms in total. The number of hydrogen-bond donors (Lipinski definition) is 1. The third-order valence-electron chi connectivity index (χ3n) is 2.30. The number of fused-ring (bicyclic) bond motifs is 1. The summed E-state index contributed by atoms with van der Waals surface area (Å²) in [4.78, 5) is 14.6. The fourth-order valence-electron chi connectivity index (χ4n) is 1.52. The Balaban J connectivity index is 0.000000239. The van der Waals surface area contributed by atoms with E-state index in [2.05, 4.69) is 9.04 Å². The summed E-state index contributed by atoms with van der Waals surface area (Å²) in [6.45, 7) is 0. The van der Waals surface area contributed by atoms with Gasteiger partial charge in [0.1, 0.15) is 0 Å². The summed E-state index contributed by atoms with van der Waals surface area (Å²) in [5, 5.41) is 10.6. The van der Waals surface area contributed by atoms with Crippen LogP contribution in [0.3, 0.4) is 0 Å². The number of carboxylic acids is 1. The van der Waals surface area contributed by atoms with Gasteiger partial charge in [0.2, 0.25) is 0 Å². The number of rotatable bonds is 3. The van der Waals surface area contributed by atoms with Crippen LogP contribution in [0.2, 0.25) is 0 Å². The number of carboxylic acid groups (broad SMARTS) is 1. The molecule has 0 radical (unpaired) electrons. The lowest BCUT2D eigenvalue weighted by Gasteiger charge is -2.00. The van der Waals surface area contributed by atoms with E-state index in [1.165, 1.54) is 0 Å². The summed E-state index contributed by atoms with van der Waals surface area (Å²) in [7, 11) is -4.27. The molecule has 0 aliphatic rings. The molecule has 22 heavy (non-hydrogen) atoms. The highest BCUT2D eigenvalue weighted by Gasteiger charge is 2.05. The first kappa shape index (κ1) is 16.8. The van der Waals surface area contributed by atoms with E-state index in [0.29, 0.717) is 5.56 Å². The number of carbonyl (C=O) groups is 1. The molecule has 0 fully saturated rings. The molecule has 0 spiro atoms. The highest BCUT2D eigenvalue weighted by molar-refractivity contribution is 7.88. The number of aromatic carboxylic acids is 1. The van der Waals surface area contributed by atoms with Crippen LogP contribution < -0.4 is 0 Å². The van der Waals surface area contributed by atoms with Gasteiger partial charge >= 0.3 is 16.2 Å². The Hall–Kier alpha value is -3.26. The van der Waals surface area contributed by atoms with Gasteiger partial charge in [0, 0.05) is 18.9 Å². The average Bonchev–Trinajstić information content (AvgIpc) is 2.47. The lowest BCUT2D eigenvalue weighted by molar-refractivity contribution is 0.0699. The number of azide groups is 1.